The van der Waals surface area contributed by atoms with Crippen molar-refractivity contribution >= 4 is 5.97 Å². The molecule has 0 aromatic heterocycles. The zero-order valence-corrected chi connectivity index (χ0v) is 11.2. The normalized spacial score (nSPS) is 45.2. The van der Waals surface area contributed by atoms with Crippen LogP contribution < -0.4 is 0 Å². The Bertz CT molecular complexity index is 328. The van der Waals surface area contributed by atoms with Gasteiger partial charge in [0.05, 0.1) is 12.5 Å². The molecule has 102 valence electrons. The maximum absolute atomic E-state index is 12.1. The third-order valence-corrected chi connectivity index (χ3v) is 5.64. The van der Waals surface area contributed by atoms with Crippen LogP contribution in [-0.2, 0) is 9.53 Å². The van der Waals surface area contributed by atoms with Gasteiger partial charge in [0.15, 0.2) is 0 Å². The summed E-state index contributed by atoms with van der Waals surface area (Å²) in [7, 11) is 0. The number of rotatable bonds is 4. The summed E-state index contributed by atoms with van der Waals surface area (Å²) in [5, 5.41) is 9.44. The number of carbonyl (C=O) groups excluding carboxylic acids is 1. The summed E-state index contributed by atoms with van der Waals surface area (Å²) < 4.78 is 5.34. The first kappa shape index (κ1) is 12.5. The molecule has 18 heavy (non-hydrogen) atoms. The number of carbonyl (C=O) groups is 1. The third kappa shape index (κ3) is 1.78. The Kier molecular flexibility index (Phi) is 3.35. The Hall–Kier alpha value is -0.570. The predicted molar refractivity (Wildman–Crippen MR) is 67.7 cm³/mol. The monoisotopic (exact) mass is 252 g/mol. The Morgan fingerprint density at radius 2 is 2.11 bits per heavy atom. The number of hydrogen-bond donors (Lipinski definition) is 1. The van der Waals surface area contributed by atoms with Gasteiger partial charge in [-0.25, -0.2) is 0 Å². The maximum atomic E-state index is 12.1. The van der Waals surface area contributed by atoms with E-state index in [1.165, 1.54) is 12.8 Å². The second-order valence-electron chi connectivity index (χ2n) is 6.43. The minimum atomic E-state index is 0.0512. The fourth-order valence-corrected chi connectivity index (χ4v) is 5.07. The molecular weight excluding hydrogens is 228 g/mol. The van der Waals surface area contributed by atoms with Crippen LogP contribution in [0.3, 0.4) is 0 Å². The highest BCUT2D eigenvalue weighted by Crippen LogP contribution is 2.62. The molecule has 0 aromatic carbocycles. The van der Waals surface area contributed by atoms with E-state index in [2.05, 4.69) is 0 Å². The van der Waals surface area contributed by atoms with E-state index in [9.17, 15) is 9.90 Å². The molecule has 0 saturated heterocycles. The largest absolute Gasteiger partial charge is 0.465 e. The molecule has 3 heteroatoms. The number of esters is 1. The van der Waals surface area contributed by atoms with Crippen LogP contribution in [0.15, 0.2) is 0 Å². The topological polar surface area (TPSA) is 46.5 Å². The molecule has 3 rings (SSSR count). The summed E-state index contributed by atoms with van der Waals surface area (Å²) >= 11 is 0. The molecule has 2 bridgehead atoms. The van der Waals surface area contributed by atoms with E-state index in [0.717, 1.165) is 19.3 Å². The molecule has 1 N–H and O–H groups in total. The Morgan fingerprint density at radius 1 is 1.28 bits per heavy atom. The average molecular weight is 252 g/mol. The zero-order valence-electron chi connectivity index (χ0n) is 11.2. The summed E-state index contributed by atoms with van der Waals surface area (Å²) in [5.41, 5.74) is 0. The van der Waals surface area contributed by atoms with E-state index in [0.29, 0.717) is 42.8 Å². The molecule has 6 unspecified atom stereocenters. The van der Waals surface area contributed by atoms with E-state index < -0.39 is 0 Å². The molecule has 3 fully saturated rings. The van der Waals surface area contributed by atoms with Gasteiger partial charge in [-0.1, -0.05) is 6.92 Å². The van der Waals surface area contributed by atoms with E-state index in [-0.39, 0.29) is 11.9 Å². The first-order chi connectivity index (χ1) is 8.76. The first-order valence-electron chi connectivity index (χ1n) is 7.53. The Morgan fingerprint density at radius 3 is 2.83 bits per heavy atom. The summed E-state index contributed by atoms with van der Waals surface area (Å²) in [6.45, 7) is 2.95. The predicted octanol–water partition coefficient (Wildman–Crippen LogP) is 2.23. The average Bonchev–Trinajstić information content (AvgIpc) is 3.05. The van der Waals surface area contributed by atoms with Crippen LogP contribution >= 0.6 is 0 Å². The van der Waals surface area contributed by atoms with Crippen LogP contribution in [0.4, 0.5) is 0 Å². The molecule has 0 heterocycles. The molecule has 0 aliphatic heterocycles. The molecule has 0 radical (unpaired) electrons. The molecule has 3 aliphatic carbocycles. The maximum Gasteiger partial charge on any atom is 0.309 e. The third-order valence-electron chi connectivity index (χ3n) is 5.64. The van der Waals surface area contributed by atoms with E-state index >= 15 is 0 Å². The van der Waals surface area contributed by atoms with Gasteiger partial charge in [0, 0.05) is 6.61 Å². The van der Waals surface area contributed by atoms with Crippen molar-refractivity contribution in [3.63, 3.8) is 0 Å². The molecule has 0 amide bonds. The summed E-state index contributed by atoms with van der Waals surface area (Å²) in [6.07, 6.45) is 5.51. The van der Waals surface area contributed by atoms with Crippen molar-refractivity contribution in [1.82, 2.24) is 0 Å². The van der Waals surface area contributed by atoms with Gasteiger partial charge < -0.3 is 9.84 Å². The second kappa shape index (κ2) is 4.84. The highest BCUT2D eigenvalue weighted by molar-refractivity contribution is 5.73. The fraction of sp³-hybridized carbons (Fsp3) is 0.933. The lowest BCUT2D eigenvalue weighted by atomic mass is 9.73. The number of fused-ring (bicyclic) bond motifs is 5. The lowest BCUT2D eigenvalue weighted by Gasteiger charge is -2.32. The van der Waals surface area contributed by atoms with Gasteiger partial charge in [-0.3, -0.25) is 4.79 Å². The van der Waals surface area contributed by atoms with Gasteiger partial charge in [0.2, 0.25) is 0 Å². The van der Waals surface area contributed by atoms with Crippen LogP contribution in [0.2, 0.25) is 0 Å². The standard InChI is InChI=1S/C15H24O3/c1-2-5-18-15(17)13-7-10-6-12(13)11-4-3-9(8-16)14(10)11/h9-14,16H,2-8H2,1H3. The lowest BCUT2D eigenvalue weighted by molar-refractivity contribution is -0.151. The van der Waals surface area contributed by atoms with Crippen LogP contribution in [0.25, 0.3) is 0 Å². The van der Waals surface area contributed by atoms with Crippen molar-refractivity contribution in [2.75, 3.05) is 13.2 Å². The number of ether oxygens (including phenoxy) is 1. The van der Waals surface area contributed by atoms with Crippen molar-refractivity contribution in [2.45, 2.75) is 39.0 Å². The van der Waals surface area contributed by atoms with Gasteiger partial charge >= 0.3 is 5.97 Å². The van der Waals surface area contributed by atoms with Crippen LogP contribution in [-0.4, -0.2) is 24.3 Å². The van der Waals surface area contributed by atoms with Gasteiger partial charge in [-0.2, -0.15) is 0 Å². The Labute approximate surface area is 109 Å². The van der Waals surface area contributed by atoms with Crippen LogP contribution in [0.5, 0.6) is 0 Å². The summed E-state index contributed by atoms with van der Waals surface area (Å²) in [4.78, 5) is 12.1. The van der Waals surface area contributed by atoms with E-state index in [4.69, 9.17) is 4.74 Å². The minimum absolute atomic E-state index is 0.0512. The van der Waals surface area contributed by atoms with Crippen molar-refractivity contribution in [3.8, 4) is 0 Å². The van der Waals surface area contributed by atoms with Gasteiger partial charge in [0.25, 0.3) is 0 Å². The second-order valence-corrected chi connectivity index (χ2v) is 6.43. The number of hydrogen-bond acceptors (Lipinski definition) is 3. The first-order valence-corrected chi connectivity index (χ1v) is 7.53. The zero-order chi connectivity index (χ0) is 12.7. The molecule has 3 aliphatic rings. The van der Waals surface area contributed by atoms with Crippen molar-refractivity contribution < 1.29 is 14.6 Å². The highest BCUT2D eigenvalue weighted by Gasteiger charge is 2.58. The van der Waals surface area contributed by atoms with Crippen molar-refractivity contribution in [1.29, 1.82) is 0 Å². The quantitative estimate of drug-likeness (QED) is 0.780. The molecule has 3 saturated carbocycles. The molecular formula is C15H24O3. The summed E-state index contributed by atoms with van der Waals surface area (Å²) in [5.74, 6) is 3.36. The molecule has 3 nitrogen and oxygen atoms in total. The smallest absolute Gasteiger partial charge is 0.309 e. The van der Waals surface area contributed by atoms with E-state index in [1.54, 1.807) is 0 Å². The number of aliphatic hydroxyl groups is 1. The SMILES string of the molecule is CCCOC(=O)C1CC2CC1C1CCC(CO)C21. The van der Waals surface area contributed by atoms with Gasteiger partial charge in [-0.05, 0) is 61.7 Å². The van der Waals surface area contributed by atoms with Crippen molar-refractivity contribution in [3.05, 3.63) is 0 Å². The minimum Gasteiger partial charge on any atom is -0.465 e. The molecule has 0 spiro atoms. The highest BCUT2D eigenvalue weighted by atomic mass is 16.5. The van der Waals surface area contributed by atoms with Crippen LogP contribution in [0, 0.1) is 35.5 Å². The molecule has 6 atom stereocenters. The van der Waals surface area contributed by atoms with Gasteiger partial charge in [0.1, 0.15) is 0 Å². The Balaban J connectivity index is 1.66. The lowest BCUT2D eigenvalue weighted by Crippen LogP contribution is -2.33. The van der Waals surface area contributed by atoms with E-state index in [1.807, 2.05) is 6.92 Å². The van der Waals surface area contributed by atoms with Crippen molar-refractivity contribution in [2.24, 2.45) is 35.5 Å². The fourth-order valence-electron chi connectivity index (χ4n) is 5.07. The number of aliphatic hydroxyl groups excluding tert-OH is 1. The van der Waals surface area contributed by atoms with Gasteiger partial charge in [-0.15, -0.1) is 0 Å². The molecule has 0 aromatic rings. The van der Waals surface area contributed by atoms with Crippen LogP contribution in [0.1, 0.15) is 39.0 Å². The summed E-state index contributed by atoms with van der Waals surface area (Å²) in [6, 6.07) is 0.